The first-order valence-corrected chi connectivity index (χ1v) is 5.67. The van der Waals surface area contributed by atoms with Gasteiger partial charge in [-0.2, -0.15) is 0 Å². The van der Waals surface area contributed by atoms with Crippen LogP contribution in [0.25, 0.3) is 0 Å². The van der Waals surface area contributed by atoms with Crippen LogP contribution in [-0.4, -0.2) is 7.05 Å². The van der Waals surface area contributed by atoms with E-state index in [2.05, 4.69) is 5.32 Å². The van der Waals surface area contributed by atoms with E-state index in [9.17, 15) is 4.39 Å². The molecule has 1 atom stereocenters. The maximum atomic E-state index is 13.4. The van der Waals surface area contributed by atoms with Gasteiger partial charge in [0.1, 0.15) is 5.82 Å². The summed E-state index contributed by atoms with van der Waals surface area (Å²) in [4.78, 5) is 0. The Morgan fingerprint density at radius 1 is 1.35 bits per heavy atom. The quantitative estimate of drug-likeness (QED) is 0.903. The van der Waals surface area contributed by atoms with Crippen molar-refractivity contribution in [2.75, 3.05) is 7.05 Å². The van der Waals surface area contributed by atoms with E-state index in [1.54, 1.807) is 13.1 Å². The fourth-order valence-corrected chi connectivity index (χ4v) is 2.17. The molecule has 0 amide bonds. The summed E-state index contributed by atoms with van der Waals surface area (Å²) in [5, 5.41) is 3.43. The molecule has 2 rings (SSSR count). The van der Waals surface area contributed by atoms with Crippen LogP contribution in [0, 0.1) is 12.7 Å². The van der Waals surface area contributed by atoms with Crippen LogP contribution in [0.2, 0.25) is 5.22 Å². The van der Waals surface area contributed by atoms with E-state index in [1.807, 2.05) is 13.0 Å². The molecule has 0 radical (unpaired) electrons. The molecule has 90 valence electrons. The molecule has 0 saturated carbocycles. The zero-order valence-electron chi connectivity index (χ0n) is 9.63. The summed E-state index contributed by atoms with van der Waals surface area (Å²) in [5.74, 6) is -0.250. The molecule has 1 unspecified atom stereocenters. The van der Waals surface area contributed by atoms with E-state index in [-0.39, 0.29) is 11.9 Å². The predicted octanol–water partition coefficient (Wildman–Crippen LogP) is 3.69. The molecule has 0 aliphatic rings. The van der Waals surface area contributed by atoms with E-state index in [4.69, 9.17) is 16.0 Å². The van der Waals surface area contributed by atoms with Gasteiger partial charge in [0.25, 0.3) is 0 Å². The molecule has 4 heteroatoms. The van der Waals surface area contributed by atoms with Crippen molar-refractivity contribution in [2.24, 2.45) is 0 Å². The number of halogens is 2. The van der Waals surface area contributed by atoms with E-state index in [1.165, 1.54) is 18.4 Å². The predicted molar refractivity (Wildman–Crippen MR) is 65.8 cm³/mol. The van der Waals surface area contributed by atoms with E-state index in [0.717, 1.165) is 16.7 Å². The number of furan rings is 1. The zero-order chi connectivity index (χ0) is 12.4. The van der Waals surface area contributed by atoms with Crippen LogP contribution in [0.5, 0.6) is 0 Å². The van der Waals surface area contributed by atoms with Gasteiger partial charge in [0.15, 0.2) is 5.22 Å². The molecule has 0 bridgehead atoms. The Balaban J connectivity index is 2.45. The van der Waals surface area contributed by atoms with Gasteiger partial charge in [-0.1, -0.05) is 6.07 Å². The third-order valence-corrected chi connectivity index (χ3v) is 2.95. The third kappa shape index (κ3) is 2.51. The second kappa shape index (κ2) is 4.90. The first-order valence-electron chi connectivity index (χ1n) is 5.29. The molecule has 17 heavy (non-hydrogen) atoms. The minimum atomic E-state index is -0.250. The molecule has 1 aromatic carbocycles. The summed E-state index contributed by atoms with van der Waals surface area (Å²) in [6.45, 7) is 1.86. The van der Waals surface area contributed by atoms with Crippen LogP contribution < -0.4 is 5.32 Å². The first kappa shape index (κ1) is 12.1. The Kier molecular flexibility index (Phi) is 3.50. The Morgan fingerprint density at radius 3 is 2.65 bits per heavy atom. The van der Waals surface area contributed by atoms with Gasteiger partial charge < -0.3 is 9.73 Å². The summed E-state index contributed by atoms with van der Waals surface area (Å²) in [6.07, 6.45) is 1.52. The molecule has 1 N–H and O–H groups in total. The second-order valence-electron chi connectivity index (χ2n) is 3.93. The highest BCUT2D eigenvalue weighted by Gasteiger charge is 2.18. The number of hydrogen-bond donors (Lipinski definition) is 1. The van der Waals surface area contributed by atoms with Gasteiger partial charge >= 0.3 is 0 Å². The lowest BCUT2D eigenvalue weighted by molar-refractivity contribution is 0.558. The van der Waals surface area contributed by atoms with Crippen LogP contribution in [0.1, 0.15) is 22.7 Å². The number of hydrogen-bond acceptors (Lipinski definition) is 2. The van der Waals surface area contributed by atoms with Gasteiger partial charge in [-0.05, 0) is 54.9 Å². The topological polar surface area (TPSA) is 25.2 Å². The molecule has 0 saturated heterocycles. The summed E-state index contributed by atoms with van der Waals surface area (Å²) in [7, 11) is 1.80. The lowest BCUT2D eigenvalue weighted by Gasteiger charge is -2.16. The lowest BCUT2D eigenvalue weighted by Crippen LogP contribution is -2.17. The van der Waals surface area contributed by atoms with E-state index >= 15 is 0 Å². The molecule has 1 aromatic heterocycles. The van der Waals surface area contributed by atoms with Crippen molar-refractivity contribution >= 4 is 11.6 Å². The smallest absolute Gasteiger partial charge is 0.198 e. The molecular weight excluding hydrogens is 241 g/mol. The standard InChI is InChI=1S/C13H13ClFNO/c1-8-5-9(7-10(15)6-8)12(16-2)11-3-4-17-13(11)14/h3-7,12,16H,1-2H3. The normalized spacial score (nSPS) is 12.7. The second-order valence-corrected chi connectivity index (χ2v) is 4.28. The van der Waals surface area contributed by atoms with Crippen molar-refractivity contribution < 1.29 is 8.81 Å². The molecule has 0 aliphatic heterocycles. The number of nitrogens with one attached hydrogen (secondary N) is 1. The van der Waals surface area contributed by atoms with Gasteiger partial charge in [0.05, 0.1) is 12.3 Å². The fraction of sp³-hybridized carbons (Fsp3) is 0.231. The molecule has 2 aromatic rings. The average Bonchev–Trinajstić information content (AvgIpc) is 2.65. The average molecular weight is 254 g/mol. The van der Waals surface area contributed by atoms with Crippen molar-refractivity contribution in [3.8, 4) is 0 Å². The van der Waals surface area contributed by atoms with E-state index in [0.29, 0.717) is 5.22 Å². The van der Waals surface area contributed by atoms with Gasteiger partial charge in [0, 0.05) is 5.56 Å². The molecular formula is C13H13ClFNO. The first-order chi connectivity index (χ1) is 8.11. The summed E-state index contributed by atoms with van der Waals surface area (Å²) in [5.41, 5.74) is 2.51. The van der Waals surface area contributed by atoms with Gasteiger partial charge in [-0.25, -0.2) is 4.39 Å². The Labute approximate surface area is 104 Å². The minimum Gasteiger partial charge on any atom is -0.453 e. The minimum absolute atomic E-state index is 0.171. The summed E-state index contributed by atoms with van der Waals surface area (Å²) >= 11 is 5.94. The summed E-state index contributed by atoms with van der Waals surface area (Å²) in [6, 6.07) is 6.53. The molecule has 0 fully saturated rings. The monoisotopic (exact) mass is 253 g/mol. The molecule has 0 aliphatic carbocycles. The SMILES string of the molecule is CNC(c1cc(C)cc(F)c1)c1ccoc1Cl. The molecule has 1 heterocycles. The molecule has 0 spiro atoms. The van der Waals surface area contributed by atoms with Crippen molar-refractivity contribution in [3.05, 3.63) is 58.3 Å². The van der Waals surface area contributed by atoms with Crippen molar-refractivity contribution in [1.82, 2.24) is 5.32 Å². The highest BCUT2D eigenvalue weighted by molar-refractivity contribution is 6.29. The van der Waals surface area contributed by atoms with Crippen LogP contribution in [-0.2, 0) is 0 Å². The number of rotatable bonds is 3. The van der Waals surface area contributed by atoms with Gasteiger partial charge in [-0.3, -0.25) is 0 Å². The van der Waals surface area contributed by atoms with Crippen LogP contribution >= 0.6 is 11.6 Å². The van der Waals surface area contributed by atoms with Gasteiger partial charge in [-0.15, -0.1) is 0 Å². The fourth-order valence-electron chi connectivity index (χ4n) is 1.94. The maximum Gasteiger partial charge on any atom is 0.198 e. The Bertz CT molecular complexity index is 504. The highest BCUT2D eigenvalue weighted by Crippen LogP contribution is 2.29. The number of aryl methyl sites for hydroxylation is 1. The zero-order valence-corrected chi connectivity index (χ0v) is 10.4. The molecule has 2 nitrogen and oxygen atoms in total. The third-order valence-electron chi connectivity index (χ3n) is 2.64. The Morgan fingerprint density at radius 2 is 2.12 bits per heavy atom. The van der Waals surface area contributed by atoms with E-state index < -0.39 is 0 Å². The van der Waals surface area contributed by atoms with Crippen molar-refractivity contribution in [3.63, 3.8) is 0 Å². The lowest BCUT2D eigenvalue weighted by atomic mass is 9.99. The van der Waals surface area contributed by atoms with Crippen molar-refractivity contribution in [1.29, 1.82) is 0 Å². The Hall–Kier alpha value is -1.32. The highest BCUT2D eigenvalue weighted by atomic mass is 35.5. The van der Waals surface area contributed by atoms with Crippen LogP contribution in [0.15, 0.2) is 34.9 Å². The summed E-state index contributed by atoms with van der Waals surface area (Å²) < 4.78 is 18.4. The maximum absolute atomic E-state index is 13.4. The van der Waals surface area contributed by atoms with Crippen LogP contribution in [0.3, 0.4) is 0 Å². The number of benzene rings is 1. The largest absolute Gasteiger partial charge is 0.453 e. The van der Waals surface area contributed by atoms with Crippen molar-refractivity contribution in [2.45, 2.75) is 13.0 Å². The van der Waals surface area contributed by atoms with Gasteiger partial charge in [0.2, 0.25) is 0 Å². The van der Waals surface area contributed by atoms with Crippen LogP contribution in [0.4, 0.5) is 4.39 Å².